The summed E-state index contributed by atoms with van der Waals surface area (Å²) in [5.41, 5.74) is 1.25. The van der Waals surface area contributed by atoms with Crippen molar-refractivity contribution in [2.24, 2.45) is 0 Å². The van der Waals surface area contributed by atoms with Gasteiger partial charge in [-0.05, 0) is 85.8 Å². The van der Waals surface area contributed by atoms with E-state index in [2.05, 4.69) is 33.2 Å². The Morgan fingerprint density at radius 3 is 2.21 bits per heavy atom. The van der Waals surface area contributed by atoms with E-state index >= 15 is 0 Å². The maximum absolute atomic E-state index is 12.2. The molecule has 2 amide bonds. The smallest absolute Gasteiger partial charge is 0.412 e. The molecule has 0 aromatic heterocycles. The van der Waals surface area contributed by atoms with Gasteiger partial charge >= 0.3 is 6.09 Å². The molecule has 0 atom stereocenters. The first-order valence-electron chi connectivity index (χ1n) is 7.40. The van der Waals surface area contributed by atoms with Gasteiger partial charge in [0.2, 0.25) is 0 Å². The van der Waals surface area contributed by atoms with E-state index in [9.17, 15) is 9.59 Å². The molecule has 0 spiro atoms. The lowest BCUT2D eigenvalue weighted by molar-refractivity contribution is 0.0636. The van der Waals surface area contributed by atoms with Crippen LogP contribution in [0.4, 0.5) is 16.2 Å². The van der Waals surface area contributed by atoms with Gasteiger partial charge in [0.05, 0.1) is 0 Å². The lowest BCUT2D eigenvalue weighted by Crippen LogP contribution is -2.27. The molecule has 0 saturated carbocycles. The SMILES string of the molecule is CC(C)(C)OC(=O)Nc1ccc(C(=O)Nc2cccc(I)c2)cc1. The molecule has 2 N–H and O–H groups in total. The minimum absolute atomic E-state index is 0.208. The molecule has 0 fully saturated rings. The Hall–Kier alpha value is -2.09. The molecule has 5 nitrogen and oxygen atoms in total. The topological polar surface area (TPSA) is 67.4 Å². The Balaban J connectivity index is 1.98. The fourth-order valence-corrected chi connectivity index (χ4v) is 2.44. The first kappa shape index (κ1) is 18.3. The molecule has 0 aliphatic rings. The number of hydrogen-bond acceptors (Lipinski definition) is 3. The molecule has 2 aromatic carbocycles. The molecule has 0 radical (unpaired) electrons. The summed E-state index contributed by atoms with van der Waals surface area (Å²) in [5, 5.41) is 5.46. The second-order valence-corrected chi connectivity index (χ2v) is 7.41. The minimum atomic E-state index is -0.558. The van der Waals surface area contributed by atoms with Crippen LogP contribution in [0.25, 0.3) is 0 Å². The average Bonchev–Trinajstić information content (AvgIpc) is 2.45. The summed E-state index contributed by atoms with van der Waals surface area (Å²) in [6, 6.07) is 14.2. The maximum Gasteiger partial charge on any atom is 0.412 e. The average molecular weight is 438 g/mol. The number of hydrogen-bond donors (Lipinski definition) is 2. The Morgan fingerprint density at radius 1 is 0.958 bits per heavy atom. The number of carbonyl (C=O) groups is 2. The monoisotopic (exact) mass is 438 g/mol. The van der Waals surface area contributed by atoms with E-state index in [1.807, 2.05) is 24.3 Å². The highest BCUT2D eigenvalue weighted by Gasteiger charge is 2.16. The van der Waals surface area contributed by atoms with Gasteiger partial charge in [0, 0.05) is 20.5 Å². The number of amides is 2. The highest BCUT2D eigenvalue weighted by molar-refractivity contribution is 14.1. The van der Waals surface area contributed by atoms with Gasteiger partial charge in [-0.3, -0.25) is 10.1 Å². The van der Waals surface area contributed by atoms with Gasteiger partial charge in [0.25, 0.3) is 5.91 Å². The van der Waals surface area contributed by atoms with Gasteiger partial charge in [-0.2, -0.15) is 0 Å². The third kappa shape index (κ3) is 5.84. The van der Waals surface area contributed by atoms with E-state index in [4.69, 9.17) is 4.74 Å². The molecule has 6 heteroatoms. The molecular weight excluding hydrogens is 419 g/mol. The minimum Gasteiger partial charge on any atom is -0.444 e. The first-order valence-corrected chi connectivity index (χ1v) is 8.48. The summed E-state index contributed by atoms with van der Waals surface area (Å²) in [6.45, 7) is 5.39. The van der Waals surface area contributed by atoms with Crippen LogP contribution in [0.2, 0.25) is 0 Å². The van der Waals surface area contributed by atoms with Crippen molar-refractivity contribution in [1.82, 2.24) is 0 Å². The molecule has 0 saturated heterocycles. The van der Waals surface area contributed by atoms with Crippen LogP contribution in [0.1, 0.15) is 31.1 Å². The van der Waals surface area contributed by atoms with E-state index in [1.54, 1.807) is 45.0 Å². The summed E-state index contributed by atoms with van der Waals surface area (Å²) in [4.78, 5) is 23.9. The third-order valence-corrected chi connectivity index (χ3v) is 3.55. The summed E-state index contributed by atoms with van der Waals surface area (Å²) in [7, 11) is 0. The molecule has 24 heavy (non-hydrogen) atoms. The molecule has 2 rings (SSSR count). The summed E-state index contributed by atoms with van der Waals surface area (Å²) in [6.07, 6.45) is -0.529. The van der Waals surface area contributed by atoms with E-state index in [1.165, 1.54) is 0 Å². The number of halogens is 1. The predicted molar refractivity (Wildman–Crippen MR) is 103 cm³/mol. The van der Waals surface area contributed by atoms with Crippen molar-refractivity contribution in [3.8, 4) is 0 Å². The standard InChI is InChI=1S/C18H19IN2O3/c1-18(2,3)24-17(23)21-14-9-7-12(8-10-14)16(22)20-15-6-4-5-13(19)11-15/h4-11H,1-3H3,(H,20,22)(H,21,23). The molecule has 2 aromatic rings. The Labute approximate surface area is 154 Å². The number of ether oxygens (including phenoxy) is 1. The number of benzene rings is 2. The zero-order valence-corrected chi connectivity index (χ0v) is 15.9. The zero-order chi connectivity index (χ0) is 17.7. The third-order valence-electron chi connectivity index (χ3n) is 2.87. The largest absolute Gasteiger partial charge is 0.444 e. The van der Waals surface area contributed by atoms with Crippen molar-refractivity contribution < 1.29 is 14.3 Å². The number of anilines is 2. The lowest BCUT2D eigenvalue weighted by Gasteiger charge is -2.19. The normalized spacial score (nSPS) is 10.8. The molecule has 0 heterocycles. The number of rotatable bonds is 3. The van der Waals surface area contributed by atoms with Crippen LogP contribution in [-0.2, 0) is 4.74 Å². The Kier molecular flexibility index (Phi) is 5.82. The summed E-state index contributed by atoms with van der Waals surface area (Å²) < 4.78 is 6.22. The van der Waals surface area contributed by atoms with Gasteiger partial charge in [-0.15, -0.1) is 0 Å². The van der Waals surface area contributed by atoms with Gasteiger partial charge < -0.3 is 10.1 Å². The molecule has 126 valence electrons. The van der Waals surface area contributed by atoms with Crippen molar-refractivity contribution in [2.45, 2.75) is 26.4 Å². The van der Waals surface area contributed by atoms with E-state index in [0.29, 0.717) is 11.3 Å². The van der Waals surface area contributed by atoms with Crippen molar-refractivity contribution in [2.75, 3.05) is 10.6 Å². The Bertz CT molecular complexity index is 737. The molecule has 0 aliphatic carbocycles. The Morgan fingerprint density at radius 2 is 1.62 bits per heavy atom. The summed E-state index contributed by atoms with van der Waals surface area (Å²) >= 11 is 2.19. The van der Waals surface area contributed by atoms with Crippen molar-refractivity contribution in [3.05, 3.63) is 57.7 Å². The van der Waals surface area contributed by atoms with Crippen molar-refractivity contribution in [3.63, 3.8) is 0 Å². The van der Waals surface area contributed by atoms with Crippen molar-refractivity contribution >= 4 is 46.0 Å². The van der Waals surface area contributed by atoms with Crippen LogP contribution in [0.5, 0.6) is 0 Å². The first-order chi connectivity index (χ1) is 11.2. The fraction of sp³-hybridized carbons (Fsp3) is 0.222. The van der Waals surface area contributed by atoms with E-state index < -0.39 is 11.7 Å². The second kappa shape index (κ2) is 7.65. The van der Waals surface area contributed by atoms with Gasteiger partial charge in [0.1, 0.15) is 5.60 Å². The molecule has 0 unspecified atom stereocenters. The van der Waals surface area contributed by atoms with Crippen LogP contribution in [-0.4, -0.2) is 17.6 Å². The van der Waals surface area contributed by atoms with Crippen LogP contribution < -0.4 is 10.6 Å². The lowest BCUT2D eigenvalue weighted by atomic mass is 10.2. The van der Waals surface area contributed by atoms with Crippen LogP contribution in [0.3, 0.4) is 0 Å². The highest BCUT2D eigenvalue weighted by Crippen LogP contribution is 2.16. The van der Waals surface area contributed by atoms with E-state index in [-0.39, 0.29) is 5.91 Å². The molecule has 0 aliphatic heterocycles. The van der Waals surface area contributed by atoms with Gasteiger partial charge in [-0.25, -0.2) is 4.79 Å². The fourth-order valence-electron chi connectivity index (χ4n) is 1.90. The zero-order valence-electron chi connectivity index (χ0n) is 13.7. The molecular formula is C18H19IN2O3. The van der Waals surface area contributed by atoms with Crippen LogP contribution in [0, 0.1) is 3.57 Å². The number of carbonyl (C=O) groups excluding carboxylic acids is 2. The quantitative estimate of drug-likeness (QED) is 0.671. The molecule has 0 bridgehead atoms. The highest BCUT2D eigenvalue weighted by atomic mass is 127. The van der Waals surface area contributed by atoms with E-state index in [0.717, 1.165) is 9.26 Å². The van der Waals surface area contributed by atoms with Gasteiger partial charge in [-0.1, -0.05) is 6.07 Å². The van der Waals surface area contributed by atoms with Crippen molar-refractivity contribution in [1.29, 1.82) is 0 Å². The second-order valence-electron chi connectivity index (χ2n) is 6.17. The maximum atomic E-state index is 12.2. The van der Waals surface area contributed by atoms with Crippen LogP contribution >= 0.6 is 22.6 Å². The summed E-state index contributed by atoms with van der Waals surface area (Å²) in [5.74, 6) is -0.208. The predicted octanol–water partition coefficient (Wildman–Crippen LogP) is 4.89. The number of nitrogens with one attached hydrogen (secondary N) is 2. The van der Waals surface area contributed by atoms with Gasteiger partial charge in [0.15, 0.2) is 0 Å². The van der Waals surface area contributed by atoms with Crippen LogP contribution in [0.15, 0.2) is 48.5 Å².